The van der Waals surface area contributed by atoms with E-state index in [1.807, 2.05) is 0 Å². The first-order chi connectivity index (χ1) is 16.4. The third-order valence-electron chi connectivity index (χ3n) is 6.54. The van der Waals surface area contributed by atoms with Crippen LogP contribution in [0.15, 0.2) is 24.8 Å². The van der Waals surface area contributed by atoms with Gasteiger partial charge in [0, 0.05) is 55.8 Å². The lowest BCUT2D eigenvalue weighted by molar-refractivity contribution is 0.199. The lowest BCUT2D eigenvalue weighted by atomic mass is 9.82. The number of hydrogen-bond donors (Lipinski definition) is 1. The molecule has 1 saturated carbocycles. The molecule has 0 bridgehead atoms. The zero-order chi connectivity index (χ0) is 24.0. The molecule has 2 aromatic rings. The number of unbranched alkanes of at least 4 members (excludes halogenated alkanes) is 1. The van der Waals surface area contributed by atoms with Crippen LogP contribution in [0.5, 0.6) is 5.75 Å². The first kappa shape index (κ1) is 24.3. The van der Waals surface area contributed by atoms with Gasteiger partial charge in [0.25, 0.3) is 0 Å². The van der Waals surface area contributed by atoms with Gasteiger partial charge in [-0.15, -0.1) is 0 Å². The molecule has 1 saturated heterocycles. The van der Waals surface area contributed by atoms with Crippen molar-refractivity contribution in [3.8, 4) is 5.75 Å². The second kappa shape index (κ2) is 11.1. The molecule has 0 spiro atoms. The van der Waals surface area contributed by atoms with Crippen molar-refractivity contribution in [1.82, 2.24) is 30.2 Å². The zero-order valence-corrected chi connectivity index (χ0v) is 20.7. The Balaban J connectivity index is 1.19. The molecule has 1 aliphatic carbocycles. The average Bonchev–Trinajstić information content (AvgIpc) is 2.78. The van der Waals surface area contributed by atoms with Crippen molar-refractivity contribution >= 4 is 11.9 Å². The SMILES string of the molecule is CC(C)(C)c1nc(C2CCC2)cc(N2CCN(CCCCNC(=O)Oc3cncnc3)CC2)n1. The monoisotopic (exact) mass is 467 g/mol. The largest absolute Gasteiger partial charge is 0.412 e. The van der Waals surface area contributed by atoms with Gasteiger partial charge in [-0.1, -0.05) is 27.2 Å². The van der Waals surface area contributed by atoms with Crippen molar-refractivity contribution in [3.63, 3.8) is 0 Å². The Morgan fingerprint density at radius 3 is 2.47 bits per heavy atom. The molecule has 0 unspecified atom stereocenters. The van der Waals surface area contributed by atoms with E-state index < -0.39 is 6.09 Å². The highest BCUT2D eigenvalue weighted by molar-refractivity contribution is 5.69. The Morgan fingerprint density at radius 1 is 1.09 bits per heavy atom. The van der Waals surface area contributed by atoms with E-state index in [4.69, 9.17) is 14.7 Å². The summed E-state index contributed by atoms with van der Waals surface area (Å²) in [6.07, 6.45) is 9.61. The van der Waals surface area contributed by atoms with Gasteiger partial charge in [-0.2, -0.15) is 0 Å². The predicted octanol–water partition coefficient (Wildman–Crippen LogP) is 3.52. The number of anilines is 1. The number of hydrogen-bond acceptors (Lipinski definition) is 8. The third kappa shape index (κ3) is 6.62. The summed E-state index contributed by atoms with van der Waals surface area (Å²) in [6.45, 7) is 12.2. The van der Waals surface area contributed by atoms with Crippen molar-refractivity contribution < 1.29 is 9.53 Å². The molecule has 2 aliphatic rings. The van der Waals surface area contributed by atoms with Gasteiger partial charge in [-0.05, 0) is 32.2 Å². The van der Waals surface area contributed by atoms with Gasteiger partial charge in [-0.3, -0.25) is 4.90 Å². The maximum Gasteiger partial charge on any atom is 0.412 e. The van der Waals surface area contributed by atoms with E-state index in [1.165, 1.54) is 43.7 Å². The van der Waals surface area contributed by atoms with Crippen LogP contribution < -0.4 is 15.0 Å². The molecule has 3 heterocycles. The molecule has 4 rings (SSSR count). The smallest absolute Gasteiger partial charge is 0.407 e. The summed E-state index contributed by atoms with van der Waals surface area (Å²) in [5, 5.41) is 2.78. The van der Waals surface area contributed by atoms with Crippen LogP contribution in [0.4, 0.5) is 10.6 Å². The summed E-state index contributed by atoms with van der Waals surface area (Å²) in [4.78, 5) is 34.3. The number of nitrogens with one attached hydrogen (secondary N) is 1. The van der Waals surface area contributed by atoms with E-state index in [1.54, 1.807) is 0 Å². The zero-order valence-electron chi connectivity index (χ0n) is 20.7. The molecular weight excluding hydrogens is 430 g/mol. The molecule has 34 heavy (non-hydrogen) atoms. The molecule has 2 fully saturated rings. The fourth-order valence-corrected chi connectivity index (χ4v) is 4.20. The van der Waals surface area contributed by atoms with E-state index in [0.29, 0.717) is 18.2 Å². The molecule has 9 heteroatoms. The molecule has 9 nitrogen and oxygen atoms in total. The lowest BCUT2D eigenvalue weighted by Crippen LogP contribution is -2.47. The molecule has 1 aliphatic heterocycles. The first-order valence-corrected chi connectivity index (χ1v) is 12.5. The molecule has 1 amide bonds. The van der Waals surface area contributed by atoms with Crippen LogP contribution in [0.1, 0.15) is 70.3 Å². The summed E-state index contributed by atoms with van der Waals surface area (Å²) < 4.78 is 5.13. The van der Waals surface area contributed by atoms with Crippen LogP contribution in [0.25, 0.3) is 0 Å². The van der Waals surface area contributed by atoms with Crippen molar-refractivity contribution in [2.75, 3.05) is 44.2 Å². The Hall–Kier alpha value is -2.81. The molecule has 1 N–H and O–H groups in total. The maximum atomic E-state index is 11.8. The maximum absolute atomic E-state index is 11.8. The van der Waals surface area contributed by atoms with Gasteiger partial charge in [0.1, 0.15) is 18.0 Å². The Kier molecular flexibility index (Phi) is 7.92. The second-order valence-corrected chi connectivity index (χ2v) is 10.3. The van der Waals surface area contributed by atoms with Gasteiger partial charge >= 0.3 is 6.09 Å². The predicted molar refractivity (Wildman–Crippen MR) is 131 cm³/mol. The standard InChI is InChI=1S/C25H37N7O2/c1-25(2,3)23-29-21(19-7-6-8-19)15-22(30-23)32-13-11-31(12-14-32)10-5-4-9-28-24(33)34-20-16-26-18-27-17-20/h15-19H,4-14H2,1-3H3,(H,28,33). The quantitative estimate of drug-likeness (QED) is 0.589. The summed E-state index contributed by atoms with van der Waals surface area (Å²) in [6, 6.07) is 2.24. The fourth-order valence-electron chi connectivity index (χ4n) is 4.20. The van der Waals surface area contributed by atoms with Gasteiger partial charge in [0.2, 0.25) is 0 Å². The number of ether oxygens (including phenoxy) is 1. The van der Waals surface area contributed by atoms with Crippen molar-refractivity contribution in [1.29, 1.82) is 0 Å². The summed E-state index contributed by atoms with van der Waals surface area (Å²) in [7, 11) is 0. The van der Waals surface area contributed by atoms with Crippen molar-refractivity contribution in [2.24, 2.45) is 0 Å². The first-order valence-electron chi connectivity index (χ1n) is 12.5. The van der Waals surface area contributed by atoms with Gasteiger partial charge in [0.05, 0.1) is 12.4 Å². The van der Waals surface area contributed by atoms with Crippen LogP contribution >= 0.6 is 0 Å². The normalized spacial score (nSPS) is 17.3. The molecule has 0 radical (unpaired) electrons. The van der Waals surface area contributed by atoms with Gasteiger partial charge in [0.15, 0.2) is 5.75 Å². The van der Waals surface area contributed by atoms with Gasteiger partial charge < -0.3 is 15.0 Å². The van der Waals surface area contributed by atoms with E-state index in [0.717, 1.165) is 57.2 Å². The summed E-state index contributed by atoms with van der Waals surface area (Å²) in [5.74, 6) is 3.00. The molecule has 0 aromatic carbocycles. The Bertz CT molecular complexity index is 936. The minimum Gasteiger partial charge on any atom is -0.407 e. The van der Waals surface area contributed by atoms with E-state index in [2.05, 4.69) is 51.9 Å². The topological polar surface area (TPSA) is 96.4 Å². The molecule has 0 atom stereocenters. The van der Waals surface area contributed by atoms with Crippen molar-refractivity contribution in [3.05, 3.63) is 36.3 Å². The Morgan fingerprint density at radius 2 is 1.82 bits per heavy atom. The van der Waals surface area contributed by atoms with Crippen molar-refractivity contribution in [2.45, 2.75) is 64.2 Å². The van der Waals surface area contributed by atoms with E-state index >= 15 is 0 Å². The lowest BCUT2D eigenvalue weighted by Gasteiger charge is -2.36. The third-order valence-corrected chi connectivity index (χ3v) is 6.54. The minimum atomic E-state index is -0.468. The number of aromatic nitrogens is 4. The number of piperazine rings is 1. The van der Waals surface area contributed by atoms with Crippen LogP contribution in [-0.2, 0) is 5.41 Å². The minimum absolute atomic E-state index is 0.0499. The Labute approximate surface area is 202 Å². The van der Waals surface area contributed by atoms with Crippen LogP contribution in [0, 0.1) is 0 Å². The van der Waals surface area contributed by atoms with Crippen LogP contribution in [0.2, 0.25) is 0 Å². The highest BCUT2D eigenvalue weighted by Crippen LogP contribution is 2.37. The highest BCUT2D eigenvalue weighted by atomic mass is 16.6. The number of rotatable bonds is 8. The van der Waals surface area contributed by atoms with E-state index in [-0.39, 0.29) is 5.41 Å². The fraction of sp³-hybridized carbons (Fsp3) is 0.640. The van der Waals surface area contributed by atoms with Gasteiger partial charge in [-0.25, -0.2) is 24.7 Å². The number of amides is 1. The second-order valence-electron chi connectivity index (χ2n) is 10.3. The summed E-state index contributed by atoms with van der Waals surface area (Å²) >= 11 is 0. The molecule has 184 valence electrons. The number of carbonyl (C=O) groups excluding carboxylic acids is 1. The molecule has 2 aromatic heterocycles. The van der Waals surface area contributed by atoms with Crippen LogP contribution in [-0.4, -0.2) is 70.2 Å². The highest BCUT2D eigenvalue weighted by Gasteiger charge is 2.27. The molecular formula is C25H37N7O2. The van der Waals surface area contributed by atoms with E-state index in [9.17, 15) is 4.79 Å². The summed E-state index contributed by atoms with van der Waals surface area (Å²) in [5.41, 5.74) is 1.18. The number of carbonyl (C=O) groups is 1. The average molecular weight is 468 g/mol. The van der Waals surface area contributed by atoms with Crippen LogP contribution in [0.3, 0.4) is 0 Å². The number of nitrogens with zero attached hydrogens (tertiary/aromatic N) is 6.